The summed E-state index contributed by atoms with van der Waals surface area (Å²) in [5.41, 5.74) is 2.15. The summed E-state index contributed by atoms with van der Waals surface area (Å²) in [5.74, 6) is 0.497. The first-order valence-electron chi connectivity index (χ1n) is 13.0. The summed E-state index contributed by atoms with van der Waals surface area (Å²) in [6.07, 6.45) is 6.34. The van der Waals surface area contributed by atoms with Gasteiger partial charge in [-0.1, -0.05) is 37.3 Å². The Labute approximate surface area is 233 Å². The zero-order valence-corrected chi connectivity index (χ0v) is 22.8. The zero-order valence-electron chi connectivity index (χ0n) is 22.0. The van der Waals surface area contributed by atoms with Crippen LogP contribution in [0.3, 0.4) is 0 Å². The molecule has 5 rings (SSSR count). The van der Waals surface area contributed by atoms with E-state index in [1.807, 2.05) is 36.4 Å². The average Bonchev–Trinajstić information content (AvgIpc) is 3.66. The third-order valence-corrected chi connectivity index (χ3v) is 8.81. The van der Waals surface area contributed by atoms with Crippen molar-refractivity contribution in [2.24, 2.45) is 5.92 Å². The molecule has 1 aliphatic rings. The van der Waals surface area contributed by atoms with Gasteiger partial charge in [0.2, 0.25) is 10.0 Å². The second-order valence-electron chi connectivity index (χ2n) is 9.76. The molecule has 0 radical (unpaired) electrons. The standard InChI is InChI=1S/C30H29N5O4S/c1-22-12-14-34(15-13-22)40(37,38)28-11-5-7-23(18-28)29-25(21-35(33-29)26-8-3-2-4-9-26)17-24(19-31)30(36)32-20-27-10-6-16-39-27/h2-11,16-18,21-22H,12-15,20H2,1H3,(H,32,36). The summed E-state index contributed by atoms with van der Waals surface area (Å²) in [6.45, 7) is 3.25. The van der Waals surface area contributed by atoms with Gasteiger partial charge in [-0.15, -0.1) is 0 Å². The van der Waals surface area contributed by atoms with Crippen LogP contribution in [0, 0.1) is 17.2 Å². The molecular formula is C30H29N5O4S. The zero-order chi connectivity index (χ0) is 28.1. The molecule has 10 heteroatoms. The highest BCUT2D eigenvalue weighted by atomic mass is 32.2. The number of nitriles is 1. The van der Waals surface area contributed by atoms with Gasteiger partial charge in [0.1, 0.15) is 23.1 Å². The minimum absolute atomic E-state index is 0.119. The van der Waals surface area contributed by atoms with Crippen LogP contribution in [0.5, 0.6) is 0 Å². The maximum absolute atomic E-state index is 13.5. The van der Waals surface area contributed by atoms with Crippen LogP contribution in [-0.2, 0) is 21.4 Å². The number of sulfonamides is 1. The Morgan fingerprint density at radius 3 is 2.60 bits per heavy atom. The van der Waals surface area contributed by atoms with Crippen molar-refractivity contribution in [2.75, 3.05) is 13.1 Å². The van der Waals surface area contributed by atoms with E-state index in [-0.39, 0.29) is 17.0 Å². The Kier molecular flexibility index (Phi) is 7.96. The number of amides is 1. The molecule has 40 heavy (non-hydrogen) atoms. The van der Waals surface area contributed by atoms with E-state index in [0.29, 0.717) is 41.6 Å². The van der Waals surface area contributed by atoms with E-state index in [9.17, 15) is 18.5 Å². The summed E-state index contributed by atoms with van der Waals surface area (Å²) >= 11 is 0. The molecule has 0 atom stereocenters. The van der Waals surface area contributed by atoms with Gasteiger partial charge >= 0.3 is 0 Å². The minimum atomic E-state index is -3.69. The third kappa shape index (κ3) is 5.91. The summed E-state index contributed by atoms with van der Waals surface area (Å²) in [4.78, 5) is 13.0. The molecule has 204 valence electrons. The number of nitrogens with one attached hydrogen (secondary N) is 1. The van der Waals surface area contributed by atoms with Gasteiger partial charge in [0.15, 0.2) is 0 Å². The first-order valence-corrected chi connectivity index (χ1v) is 14.5. The molecule has 0 aliphatic carbocycles. The lowest BCUT2D eigenvalue weighted by Crippen LogP contribution is -2.37. The van der Waals surface area contributed by atoms with Crippen molar-refractivity contribution in [2.45, 2.75) is 31.2 Å². The fraction of sp³-hybridized carbons (Fsp3) is 0.233. The van der Waals surface area contributed by atoms with Gasteiger partial charge in [-0.3, -0.25) is 4.79 Å². The van der Waals surface area contributed by atoms with Crippen LogP contribution in [0.25, 0.3) is 23.0 Å². The molecule has 2 aromatic carbocycles. The van der Waals surface area contributed by atoms with Crippen molar-refractivity contribution in [3.05, 3.63) is 96.1 Å². The Morgan fingerprint density at radius 1 is 1.12 bits per heavy atom. The quantitative estimate of drug-likeness (QED) is 0.247. The Balaban J connectivity index is 1.52. The maximum atomic E-state index is 13.5. The number of hydrogen-bond acceptors (Lipinski definition) is 6. The highest BCUT2D eigenvalue weighted by Crippen LogP contribution is 2.30. The van der Waals surface area contributed by atoms with Gasteiger partial charge in [-0.25, -0.2) is 13.1 Å². The number of carbonyl (C=O) groups is 1. The summed E-state index contributed by atoms with van der Waals surface area (Å²) in [5, 5.41) is 17.2. The molecule has 0 unspecified atom stereocenters. The van der Waals surface area contributed by atoms with Crippen molar-refractivity contribution in [1.82, 2.24) is 19.4 Å². The topological polar surface area (TPSA) is 121 Å². The van der Waals surface area contributed by atoms with E-state index >= 15 is 0 Å². The second-order valence-corrected chi connectivity index (χ2v) is 11.7. The van der Waals surface area contributed by atoms with Crippen LogP contribution >= 0.6 is 0 Å². The van der Waals surface area contributed by atoms with Crippen LogP contribution in [0.2, 0.25) is 0 Å². The van der Waals surface area contributed by atoms with Crippen molar-refractivity contribution in [1.29, 1.82) is 5.26 Å². The highest BCUT2D eigenvalue weighted by molar-refractivity contribution is 7.89. The lowest BCUT2D eigenvalue weighted by molar-refractivity contribution is -0.117. The van der Waals surface area contributed by atoms with Gasteiger partial charge in [-0.05, 0) is 61.2 Å². The van der Waals surface area contributed by atoms with Crippen LogP contribution in [0.4, 0.5) is 0 Å². The van der Waals surface area contributed by atoms with Gasteiger partial charge in [0.25, 0.3) is 5.91 Å². The smallest absolute Gasteiger partial charge is 0.262 e. The lowest BCUT2D eigenvalue weighted by Gasteiger charge is -2.29. The van der Waals surface area contributed by atoms with Crippen molar-refractivity contribution in [3.8, 4) is 23.0 Å². The van der Waals surface area contributed by atoms with Crippen LogP contribution in [-0.4, -0.2) is 41.5 Å². The molecule has 9 nitrogen and oxygen atoms in total. The molecule has 0 spiro atoms. The molecule has 2 aromatic heterocycles. The normalized spacial score (nSPS) is 15.1. The van der Waals surface area contributed by atoms with Crippen LogP contribution in [0.1, 0.15) is 31.1 Å². The molecule has 3 heterocycles. The van der Waals surface area contributed by atoms with E-state index in [4.69, 9.17) is 9.52 Å². The van der Waals surface area contributed by atoms with E-state index in [1.54, 1.807) is 47.3 Å². The summed E-state index contributed by atoms with van der Waals surface area (Å²) < 4.78 is 35.3. The van der Waals surface area contributed by atoms with Gasteiger partial charge in [0, 0.05) is 30.4 Å². The molecule has 1 N–H and O–H groups in total. The SMILES string of the molecule is CC1CCN(S(=O)(=O)c2cccc(-c3nn(-c4ccccc4)cc3C=C(C#N)C(=O)NCc3ccco3)c2)CC1. The van der Waals surface area contributed by atoms with Crippen molar-refractivity contribution >= 4 is 22.0 Å². The fourth-order valence-corrected chi connectivity index (χ4v) is 6.10. The molecule has 4 aromatic rings. The van der Waals surface area contributed by atoms with Crippen molar-refractivity contribution < 1.29 is 17.6 Å². The molecule has 1 amide bonds. The van der Waals surface area contributed by atoms with Crippen LogP contribution in [0.15, 0.2) is 94.1 Å². The number of nitrogens with zero attached hydrogens (tertiary/aromatic N) is 4. The number of benzene rings is 2. The summed E-state index contributed by atoms with van der Waals surface area (Å²) in [7, 11) is -3.69. The first-order chi connectivity index (χ1) is 19.3. The summed E-state index contributed by atoms with van der Waals surface area (Å²) in [6, 6.07) is 21.5. The Bertz CT molecular complexity index is 1660. The largest absolute Gasteiger partial charge is 0.467 e. The molecule has 0 saturated carbocycles. The number of para-hydroxylation sites is 1. The molecule has 1 aliphatic heterocycles. The molecule has 1 fully saturated rings. The minimum Gasteiger partial charge on any atom is -0.467 e. The first kappa shape index (κ1) is 27.1. The molecular weight excluding hydrogens is 526 g/mol. The number of carbonyl (C=O) groups excluding carboxylic acids is 1. The van der Waals surface area contributed by atoms with E-state index in [1.165, 1.54) is 16.6 Å². The van der Waals surface area contributed by atoms with Gasteiger partial charge in [-0.2, -0.15) is 14.7 Å². The average molecular weight is 556 g/mol. The number of aromatic nitrogens is 2. The number of hydrogen-bond donors (Lipinski definition) is 1. The predicted octanol–water partition coefficient (Wildman–Crippen LogP) is 4.78. The van der Waals surface area contributed by atoms with Crippen LogP contribution < -0.4 is 5.32 Å². The Morgan fingerprint density at radius 2 is 1.90 bits per heavy atom. The van der Waals surface area contributed by atoms with Gasteiger partial charge < -0.3 is 9.73 Å². The molecule has 1 saturated heterocycles. The number of piperidine rings is 1. The lowest BCUT2D eigenvalue weighted by atomic mass is 10.0. The number of rotatable bonds is 8. The Hall–Kier alpha value is -4.46. The van der Waals surface area contributed by atoms with Crippen molar-refractivity contribution in [3.63, 3.8) is 0 Å². The number of furan rings is 1. The van der Waals surface area contributed by atoms with E-state index in [2.05, 4.69) is 12.2 Å². The predicted molar refractivity (Wildman–Crippen MR) is 150 cm³/mol. The maximum Gasteiger partial charge on any atom is 0.262 e. The van der Waals surface area contributed by atoms with E-state index in [0.717, 1.165) is 18.5 Å². The van der Waals surface area contributed by atoms with E-state index < -0.39 is 15.9 Å². The van der Waals surface area contributed by atoms with Gasteiger partial charge in [0.05, 0.1) is 23.4 Å². The second kappa shape index (κ2) is 11.7. The highest BCUT2D eigenvalue weighted by Gasteiger charge is 2.28. The fourth-order valence-electron chi connectivity index (χ4n) is 4.59. The third-order valence-electron chi connectivity index (χ3n) is 6.92. The monoisotopic (exact) mass is 555 g/mol. The molecule has 0 bridgehead atoms.